The third-order valence-corrected chi connectivity index (χ3v) is 7.89. The fourth-order valence-electron chi connectivity index (χ4n) is 5.33. The summed E-state index contributed by atoms with van der Waals surface area (Å²) >= 11 is 0. The number of alkyl halides is 3. The molecule has 3 atom stereocenters. The molecule has 16 heteroatoms. The van der Waals surface area contributed by atoms with Crippen LogP contribution in [0.1, 0.15) is 68.3 Å². The van der Waals surface area contributed by atoms with Crippen LogP contribution in [0, 0.1) is 5.92 Å². The Kier molecular flexibility index (Phi) is 12.3. The standard InChI is InChI=1S/C34H41F3N8O5/c1-20(2)17-26-32(49)40-21(3)30-42-29(23-9-6-5-7-10-23)43-45(30)19-27(46)38-15-8-16-44(18-28(47)39-22(4)31(48)41-26)33(50)24-11-13-25(14-12-24)34(35,36)37/h5-7,9-14,20-22,26H,8,15-19H2,1-4H3,(H,38,46)(H,39,47)(H,40,49)(H,41,48)/t21-,22+,26+/m0/s1. The average molecular weight is 699 g/mol. The molecule has 0 fully saturated rings. The van der Waals surface area contributed by atoms with Crippen LogP contribution >= 0.6 is 0 Å². The van der Waals surface area contributed by atoms with Crippen molar-refractivity contribution in [3.63, 3.8) is 0 Å². The van der Waals surface area contributed by atoms with E-state index in [1.807, 2.05) is 44.2 Å². The predicted octanol–water partition coefficient (Wildman–Crippen LogP) is 2.84. The van der Waals surface area contributed by atoms with Crippen molar-refractivity contribution < 1.29 is 37.1 Å². The van der Waals surface area contributed by atoms with Gasteiger partial charge in [0.05, 0.1) is 18.2 Å². The zero-order valence-electron chi connectivity index (χ0n) is 28.2. The largest absolute Gasteiger partial charge is 0.416 e. The highest BCUT2D eigenvalue weighted by Gasteiger charge is 2.31. The minimum atomic E-state index is -4.60. The van der Waals surface area contributed by atoms with E-state index in [2.05, 4.69) is 31.3 Å². The summed E-state index contributed by atoms with van der Waals surface area (Å²) in [6.07, 6.45) is -4.15. The number of nitrogens with one attached hydrogen (secondary N) is 4. The lowest BCUT2D eigenvalue weighted by molar-refractivity contribution is -0.137. The maximum absolute atomic E-state index is 13.5. The van der Waals surface area contributed by atoms with Gasteiger partial charge >= 0.3 is 6.18 Å². The summed E-state index contributed by atoms with van der Waals surface area (Å²) in [5, 5.41) is 15.4. The quantitative estimate of drug-likeness (QED) is 0.325. The Labute approximate surface area is 287 Å². The molecular weight excluding hydrogens is 657 g/mol. The molecule has 50 heavy (non-hydrogen) atoms. The molecule has 0 unspecified atom stereocenters. The number of amides is 5. The second-order valence-corrected chi connectivity index (χ2v) is 12.5. The van der Waals surface area contributed by atoms with E-state index in [0.29, 0.717) is 17.2 Å². The summed E-state index contributed by atoms with van der Waals surface area (Å²) < 4.78 is 40.7. The number of benzene rings is 2. The fourth-order valence-corrected chi connectivity index (χ4v) is 5.33. The Bertz CT molecular complexity index is 1680. The Balaban J connectivity index is 1.63. The molecule has 0 saturated carbocycles. The molecule has 4 N–H and O–H groups in total. The molecule has 0 spiro atoms. The number of halogens is 3. The van der Waals surface area contributed by atoms with Crippen LogP contribution in [0.3, 0.4) is 0 Å². The molecule has 2 heterocycles. The first-order valence-corrected chi connectivity index (χ1v) is 16.3. The number of carbonyl (C=O) groups is 5. The number of hydrogen-bond donors (Lipinski definition) is 4. The van der Waals surface area contributed by atoms with Crippen LogP contribution in [0.2, 0.25) is 0 Å². The van der Waals surface area contributed by atoms with Crippen molar-refractivity contribution in [1.82, 2.24) is 40.9 Å². The second kappa shape index (κ2) is 16.4. The van der Waals surface area contributed by atoms with E-state index in [9.17, 15) is 37.1 Å². The van der Waals surface area contributed by atoms with Gasteiger partial charge in [0, 0.05) is 24.2 Å². The number of hydrogen-bond acceptors (Lipinski definition) is 7. The molecule has 268 valence electrons. The van der Waals surface area contributed by atoms with Crippen LogP contribution in [0.25, 0.3) is 11.4 Å². The van der Waals surface area contributed by atoms with E-state index in [0.717, 1.165) is 29.2 Å². The molecule has 0 saturated heterocycles. The van der Waals surface area contributed by atoms with Crippen molar-refractivity contribution in [1.29, 1.82) is 0 Å². The van der Waals surface area contributed by atoms with Crippen LogP contribution in [0.5, 0.6) is 0 Å². The van der Waals surface area contributed by atoms with Crippen LogP contribution in [0.15, 0.2) is 54.6 Å². The first-order valence-electron chi connectivity index (χ1n) is 16.3. The number of rotatable bonds is 4. The highest BCUT2D eigenvalue weighted by atomic mass is 19.4. The van der Waals surface area contributed by atoms with Gasteiger partial charge in [-0.3, -0.25) is 24.0 Å². The first kappa shape index (κ1) is 37.5. The normalized spacial score (nSPS) is 20.4. The van der Waals surface area contributed by atoms with Gasteiger partial charge in [-0.15, -0.1) is 0 Å². The van der Waals surface area contributed by atoms with Gasteiger partial charge in [0.2, 0.25) is 23.6 Å². The van der Waals surface area contributed by atoms with Gasteiger partial charge in [-0.05, 0) is 56.9 Å². The Hall–Kier alpha value is -5.28. The third-order valence-electron chi connectivity index (χ3n) is 7.89. The Morgan fingerprint density at radius 2 is 1.56 bits per heavy atom. The van der Waals surface area contributed by atoms with Crippen molar-refractivity contribution in [2.75, 3.05) is 19.6 Å². The summed E-state index contributed by atoms with van der Waals surface area (Å²) in [5.74, 6) is -2.39. The molecule has 0 bridgehead atoms. The van der Waals surface area contributed by atoms with Crippen LogP contribution in [0.4, 0.5) is 13.2 Å². The molecule has 1 aliphatic heterocycles. The molecule has 1 aromatic heterocycles. The summed E-state index contributed by atoms with van der Waals surface area (Å²) in [6.45, 7) is 6.12. The van der Waals surface area contributed by atoms with E-state index in [4.69, 9.17) is 0 Å². The molecule has 13 nitrogen and oxygen atoms in total. The minimum Gasteiger partial charge on any atom is -0.354 e. The first-order chi connectivity index (χ1) is 23.6. The van der Waals surface area contributed by atoms with Crippen molar-refractivity contribution in [3.8, 4) is 11.4 Å². The lowest BCUT2D eigenvalue weighted by Gasteiger charge is -2.25. The average Bonchev–Trinajstić information content (AvgIpc) is 3.48. The highest BCUT2D eigenvalue weighted by Crippen LogP contribution is 2.29. The minimum absolute atomic E-state index is 0.00494. The zero-order valence-corrected chi connectivity index (χ0v) is 28.2. The topological polar surface area (TPSA) is 167 Å². The molecule has 0 aliphatic carbocycles. The number of carbonyl (C=O) groups excluding carboxylic acids is 5. The van der Waals surface area contributed by atoms with Crippen molar-refractivity contribution >= 4 is 29.5 Å². The summed E-state index contributed by atoms with van der Waals surface area (Å²) in [7, 11) is 0. The highest BCUT2D eigenvalue weighted by molar-refractivity contribution is 5.97. The second-order valence-electron chi connectivity index (χ2n) is 12.5. The van der Waals surface area contributed by atoms with Gasteiger partial charge in [-0.25, -0.2) is 9.67 Å². The zero-order chi connectivity index (χ0) is 36.6. The third kappa shape index (κ3) is 10.1. The summed E-state index contributed by atoms with van der Waals surface area (Å²) in [6, 6.07) is 9.86. The van der Waals surface area contributed by atoms with Gasteiger partial charge in [-0.1, -0.05) is 44.2 Å². The smallest absolute Gasteiger partial charge is 0.354 e. The Morgan fingerprint density at radius 1 is 0.880 bits per heavy atom. The number of aromatic nitrogens is 3. The van der Waals surface area contributed by atoms with E-state index in [1.165, 1.54) is 11.6 Å². The van der Waals surface area contributed by atoms with E-state index < -0.39 is 65.9 Å². The maximum atomic E-state index is 13.5. The SMILES string of the molecule is CC(C)C[C@H]1NC(=O)[C@@H](C)NC(=O)CN(C(=O)c2ccc(C(F)(F)F)cc2)CCCNC(=O)Cn2nc(-c3ccccc3)nc2[C@H](C)NC1=O. The molecule has 3 aromatic rings. The lowest BCUT2D eigenvalue weighted by Crippen LogP contribution is -2.54. The molecular formula is C34H41F3N8O5. The summed E-state index contributed by atoms with van der Waals surface area (Å²) in [4.78, 5) is 72.0. The van der Waals surface area contributed by atoms with Gasteiger partial charge in [-0.2, -0.15) is 18.3 Å². The molecule has 4 rings (SSSR count). The fraction of sp³-hybridized carbons (Fsp3) is 0.441. The maximum Gasteiger partial charge on any atom is 0.416 e. The van der Waals surface area contributed by atoms with Crippen molar-refractivity contribution in [2.24, 2.45) is 5.92 Å². The monoisotopic (exact) mass is 698 g/mol. The van der Waals surface area contributed by atoms with Crippen molar-refractivity contribution in [2.45, 2.75) is 71.4 Å². The van der Waals surface area contributed by atoms with Crippen LogP contribution in [-0.2, 0) is 31.9 Å². The predicted molar refractivity (Wildman–Crippen MR) is 176 cm³/mol. The molecule has 5 amide bonds. The van der Waals surface area contributed by atoms with Gasteiger partial charge < -0.3 is 26.2 Å². The van der Waals surface area contributed by atoms with E-state index in [-0.39, 0.29) is 44.0 Å². The van der Waals surface area contributed by atoms with Crippen LogP contribution in [-0.4, -0.2) is 80.9 Å². The summed E-state index contributed by atoms with van der Waals surface area (Å²) in [5.41, 5.74) is -0.321. The molecule has 2 aromatic carbocycles. The van der Waals surface area contributed by atoms with E-state index in [1.54, 1.807) is 6.92 Å². The molecule has 0 radical (unpaired) electrons. The lowest BCUT2D eigenvalue weighted by atomic mass is 10.0. The Morgan fingerprint density at radius 3 is 2.20 bits per heavy atom. The van der Waals surface area contributed by atoms with Gasteiger partial charge in [0.25, 0.3) is 5.91 Å². The van der Waals surface area contributed by atoms with Gasteiger partial charge in [0.1, 0.15) is 24.5 Å². The van der Waals surface area contributed by atoms with E-state index >= 15 is 0 Å². The van der Waals surface area contributed by atoms with Crippen LogP contribution < -0.4 is 21.3 Å². The molecule has 1 aliphatic rings. The van der Waals surface area contributed by atoms with Gasteiger partial charge in [0.15, 0.2) is 5.82 Å². The number of nitrogens with zero attached hydrogens (tertiary/aromatic N) is 4. The van der Waals surface area contributed by atoms with Crippen molar-refractivity contribution in [3.05, 3.63) is 71.5 Å². The number of fused-ring (bicyclic) bond motifs is 1.